The maximum absolute atomic E-state index is 12.6. The fourth-order valence-electron chi connectivity index (χ4n) is 4.82. The summed E-state index contributed by atoms with van der Waals surface area (Å²) in [5.74, 6) is 0.0214. The summed E-state index contributed by atoms with van der Waals surface area (Å²) in [7, 11) is 0. The molecule has 178 valence electrons. The van der Waals surface area contributed by atoms with Crippen LogP contribution in [0.4, 0.5) is 5.69 Å². The van der Waals surface area contributed by atoms with Gasteiger partial charge in [-0.05, 0) is 61.6 Å². The van der Waals surface area contributed by atoms with Crippen LogP contribution in [0.1, 0.15) is 72.8 Å². The number of anilines is 1. The van der Waals surface area contributed by atoms with E-state index >= 15 is 0 Å². The van der Waals surface area contributed by atoms with Crippen LogP contribution in [0.5, 0.6) is 11.5 Å². The lowest BCUT2D eigenvalue weighted by Crippen LogP contribution is -2.35. The molecule has 3 aromatic carbocycles. The van der Waals surface area contributed by atoms with E-state index in [-0.39, 0.29) is 11.0 Å². The minimum absolute atomic E-state index is 0.0652. The number of rotatable bonds is 5. The number of carbonyl (C=O) groups is 1. The Kier molecular flexibility index (Phi) is 5.94. The summed E-state index contributed by atoms with van der Waals surface area (Å²) in [5.41, 5.74) is 2.57. The number of hydrogen-bond donors (Lipinski definition) is 2. The number of nitrogens with zero attached hydrogens (tertiary/aromatic N) is 1. The van der Waals surface area contributed by atoms with Crippen molar-refractivity contribution in [2.75, 3.05) is 18.0 Å². The Morgan fingerprint density at radius 1 is 0.971 bits per heavy atom. The molecule has 0 radical (unpaired) electrons. The van der Waals surface area contributed by atoms with E-state index in [0.29, 0.717) is 28.2 Å². The normalized spacial score (nSPS) is 16.9. The second kappa shape index (κ2) is 8.48. The first-order chi connectivity index (χ1) is 16.0. The van der Waals surface area contributed by atoms with Gasteiger partial charge in [-0.25, -0.2) is 4.79 Å². The van der Waals surface area contributed by atoms with Crippen LogP contribution in [0.15, 0.2) is 54.6 Å². The van der Waals surface area contributed by atoms with Crippen molar-refractivity contribution in [1.82, 2.24) is 0 Å². The minimum Gasteiger partial charge on any atom is -0.478 e. The van der Waals surface area contributed by atoms with Gasteiger partial charge in [0.25, 0.3) is 0 Å². The number of hydrogen-bond acceptors (Lipinski definition) is 4. The predicted molar refractivity (Wildman–Crippen MR) is 135 cm³/mol. The molecule has 34 heavy (non-hydrogen) atoms. The zero-order valence-electron chi connectivity index (χ0n) is 20.8. The molecule has 0 aliphatic carbocycles. The zero-order chi connectivity index (χ0) is 24.8. The van der Waals surface area contributed by atoms with Crippen LogP contribution in [-0.4, -0.2) is 29.3 Å². The molecule has 0 fully saturated rings. The molecule has 1 atom stereocenters. The highest BCUT2D eigenvalue weighted by molar-refractivity contribution is 5.90. The number of carboxylic acids is 1. The van der Waals surface area contributed by atoms with Gasteiger partial charge < -0.3 is 19.8 Å². The van der Waals surface area contributed by atoms with Gasteiger partial charge in [-0.2, -0.15) is 0 Å². The van der Waals surface area contributed by atoms with Crippen LogP contribution in [0.25, 0.3) is 0 Å². The van der Waals surface area contributed by atoms with Crippen molar-refractivity contribution >= 4 is 11.7 Å². The van der Waals surface area contributed by atoms with Gasteiger partial charge in [0.15, 0.2) is 0 Å². The summed E-state index contributed by atoms with van der Waals surface area (Å²) in [4.78, 5) is 14.4. The summed E-state index contributed by atoms with van der Waals surface area (Å²) in [6.45, 7) is 14.2. The molecule has 1 aliphatic heterocycles. The van der Waals surface area contributed by atoms with Crippen LogP contribution in [-0.2, 0) is 11.0 Å². The topological polar surface area (TPSA) is 70.0 Å². The summed E-state index contributed by atoms with van der Waals surface area (Å²) in [5, 5.41) is 22.6. The molecule has 0 aromatic heterocycles. The Morgan fingerprint density at radius 3 is 2.26 bits per heavy atom. The number of ether oxygens (including phenoxy) is 1. The first kappa shape index (κ1) is 23.8. The third-order valence-corrected chi connectivity index (χ3v) is 6.77. The average Bonchev–Trinajstić information content (AvgIpc) is 2.79. The Balaban J connectivity index is 2.08. The maximum atomic E-state index is 12.6. The molecule has 0 bridgehead atoms. The third-order valence-electron chi connectivity index (χ3n) is 6.77. The van der Waals surface area contributed by atoms with Crippen LogP contribution < -0.4 is 9.64 Å². The largest absolute Gasteiger partial charge is 0.478 e. The fourth-order valence-corrected chi connectivity index (χ4v) is 4.82. The van der Waals surface area contributed by atoms with Crippen molar-refractivity contribution in [3.63, 3.8) is 0 Å². The summed E-state index contributed by atoms with van der Waals surface area (Å²) < 4.78 is 6.44. The molecule has 0 saturated heterocycles. The van der Waals surface area contributed by atoms with E-state index in [1.54, 1.807) is 18.2 Å². The molecule has 4 rings (SSSR count). The van der Waals surface area contributed by atoms with Gasteiger partial charge in [0.05, 0.1) is 5.56 Å². The molecule has 1 heterocycles. The molecule has 5 heteroatoms. The second-order valence-electron chi connectivity index (χ2n) is 9.94. The minimum atomic E-state index is -1.69. The molecule has 5 nitrogen and oxygen atoms in total. The highest BCUT2D eigenvalue weighted by atomic mass is 16.5. The van der Waals surface area contributed by atoms with Crippen molar-refractivity contribution in [3.8, 4) is 11.5 Å². The van der Waals surface area contributed by atoms with Crippen molar-refractivity contribution in [3.05, 3.63) is 88.0 Å². The molecular formula is C29H33NO4. The van der Waals surface area contributed by atoms with Gasteiger partial charge in [-0.15, -0.1) is 0 Å². The van der Waals surface area contributed by atoms with E-state index in [9.17, 15) is 15.0 Å². The van der Waals surface area contributed by atoms with Crippen molar-refractivity contribution in [2.24, 2.45) is 0 Å². The van der Waals surface area contributed by atoms with Crippen molar-refractivity contribution in [1.29, 1.82) is 0 Å². The van der Waals surface area contributed by atoms with E-state index in [1.165, 1.54) is 6.07 Å². The molecular weight excluding hydrogens is 426 g/mol. The van der Waals surface area contributed by atoms with Crippen molar-refractivity contribution < 1.29 is 19.7 Å². The molecule has 0 saturated carbocycles. The Labute approximate surface area is 201 Å². The van der Waals surface area contributed by atoms with E-state index in [2.05, 4.69) is 45.6 Å². The summed E-state index contributed by atoms with van der Waals surface area (Å²) in [6, 6.07) is 16.5. The van der Waals surface area contributed by atoms with Crippen LogP contribution in [0, 0.1) is 6.92 Å². The molecule has 1 unspecified atom stereocenters. The smallest absolute Gasteiger partial charge is 0.336 e. The lowest BCUT2D eigenvalue weighted by molar-refractivity contribution is 0.0675. The van der Waals surface area contributed by atoms with E-state index in [4.69, 9.17) is 4.74 Å². The number of carboxylic acid groups (broad SMARTS) is 1. The first-order valence-electron chi connectivity index (χ1n) is 11.8. The van der Waals surface area contributed by atoms with E-state index in [0.717, 1.165) is 29.9 Å². The standard InChI is InChI=1S/C29H33NO4/c1-7-30(8-2)20-13-14-23-25(17-20)34-26-18(3)15-19(28(4,5)6)16-24(26)29(23,33)22-12-10-9-11-21(22)27(31)32/h9-17,33H,7-8H2,1-6H3,(H,31,32). The van der Waals surface area contributed by atoms with Gasteiger partial charge in [0, 0.05) is 41.5 Å². The third kappa shape index (κ3) is 3.74. The van der Waals surface area contributed by atoms with Gasteiger partial charge in [-0.1, -0.05) is 45.0 Å². The zero-order valence-corrected chi connectivity index (χ0v) is 20.8. The molecule has 0 spiro atoms. The van der Waals surface area contributed by atoms with Gasteiger partial charge in [0.2, 0.25) is 0 Å². The highest BCUT2D eigenvalue weighted by Gasteiger charge is 2.45. The Morgan fingerprint density at radius 2 is 1.65 bits per heavy atom. The molecule has 1 aliphatic rings. The number of aryl methyl sites for hydroxylation is 1. The van der Waals surface area contributed by atoms with Gasteiger partial charge in [0.1, 0.15) is 17.1 Å². The Bertz CT molecular complexity index is 1250. The highest BCUT2D eigenvalue weighted by Crippen LogP contribution is 2.53. The van der Waals surface area contributed by atoms with Crippen LogP contribution >= 0.6 is 0 Å². The van der Waals surface area contributed by atoms with Crippen LogP contribution in [0.2, 0.25) is 0 Å². The number of aromatic carboxylic acids is 1. The van der Waals surface area contributed by atoms with E-state index < -0.39 is 11.6 Å². The quantitative estimate of drug-likeness (QED) is 0.473. The summed E-state index contributed by atoms with van der Waals surface area (Å²) >= 11 is 0. The average molecular weight is 460 g/mol. The second-order valence-corrected chi connectivity index (χ2v) is 9.94. The Hall–Kier alpha value is -3.31. The SMILES string of the molecule is CCN(CC)c1ccc2c(c1)Oc1c(C)cc(C(C)(C)C)cc1C2(O)c1ccccc1C(=O)O. The lowest BCUT2D eigenvalue weighted by atomic mass is 9.73. The van der Waals surface area contributed by atoms with Crippen molar-refractivity contribution in [2.45, 2.75) is 52.6 Å². The van der Waals surface area contributed by atoms with Gasteiger partial charge in [-0.3, -0.25) is 0 Å². The fraction of sp³-hybridized carbons (Fsp3) is 0.345. The first-order valence-corrected chi connectivity index (χ1v) is 11.8. The summed E-state index contributed by atoms with van der Waals surface area (Å²) in [6.07, 6.45) is 0. The number of benzene rings is 3. The van der Waals surface area contributed by atoms with E-state index in [1.807, 2.05) is 31.2 Å². The maximum Gasteiger partial charge on any atom is 0.336 e. The van der Waals surface area contributed by atoms with Crippen LogP contribution in [0.3, 0.4) is 0 Å². The molecule has 2 N–H and O–H groups in total. The van der Waals surface area contributed by atoms with Gasteiger partial charge >= 0.3 is 5.97 Å². The molecule has 0 amide bonds. The molecule has 3 aromatic rings. The predicted octanol–water partition coefficient (Wildman–Crippen LogP) is 6.23. The lowest BCUT2D eigenvalue weighted by Gasteiger charge is -2.39. The number of aliphatic hydroxyl groups is 1. The number of fused-ring (bicyclic) bond motifs is 2. The monoisotopic (exact) mass is 459 g/mol.